The fourth-order valence-corrected chi connectivity index (χ4v) is 4.66. The number of nitrogens with two attached hydrogens (primary N) is 1. The molecule has 1 aliphatic rings. The lowest BCUT2D eigenvalue weighted by atomic mass is 10.0. The van der Waals surface area contributed by atoms with Crippen LogP contribution in [-0.2, 0) is 24.7 Å². The molecule has 34 heavy (non-hydrogen) atoms. The van der Waals surface area contributed by atoms with E-state index in [1.165, 1.54) is 5.56 Å². The van der Waals surface area contributed by atoms with Gasteiger partial charge in [0.2, 0.25) is 5.91 Å². The average Bonchev–Trinajstić information content (AvgIpc) is 3.13. The van der Waals surface area contributed by atoms with Crippen LogP contribution in [0.1, 0.15) is 29.8 Å². The number of nitrogen functional groups attached to an aromatic ring is 1. The number of aryl methyl sites for hydroxylation is 3. The second kappa shape index (κ2) is 10.4. The SMILES string of the molecule is CN(C)C1CCN(CC(=O)Nc2ccc3c(c2)nc(CCc2ccc(C(=N)N)cc2)n3C)CC1. The highest BCUT2D eigenvalue weighted by Crippen LogP contribution is 2.21. The van der Waals surface area contributed by atoms with Crippen molar-refractivity contribution in [2.24, 2.45) is 12.8 Å². The van der Waals surface area contributed by atoms with Crippen LogP contribution in [-0.4, -0.2) is 70.9 Å². The zero-order chi connectivity index (χ0) is 24.2. The number of imidazole rings is 1. The first-order valence-corrected chi connectivity index (χ1v) is 11.9. The number of anilines is 1. The van der Waals surface area contributed by atoms with Gasteiger partial charge in [-0.3, -0.25) is 15.1 Å². The van der Waals surface area contributed by atoms with Crippen LogP contribution in [0.2, 0.25) is 0 Å². The third-order valence-electron chi connectivity index (χ3n) is 6.81. The molecule has 0 spiro atoms. The Balaban J connectivity index is 1.35. The quantitative estimate of drug-likeness (QED) is 0.353. The van der Waals surface area contributed by atoms with E-state index >= 15 is 0 Å². The fourth-order valence-electron chi connectivity index (χ4n) is 4.66. The van der Waals surface area contributed by atoms with E-state index in [2.05, 4.69) is 33.8 Å². The molecule has 2 heterocycles. The van der Waals surface area contributed by atoms with Gasteiger partial charge in [0.05, 0.1) is 17.6 Å². The maximum atomic E-state index is 12.6. The molecule has 0 bridgehead atoms. The van der Waals surface area contributed by atoms with E-state index in [1.54, 1.807) is 0 Å². The van der Waals surface area contributed by atoms with Crippen LogP contribution in [0.4, 0.5) is 5.69 Å². The molecule has 3 aromatic rings. The summed E-state index contributed by atoms with van der Waals surface area (Å²) >= 11 is 0. The highest BCUT2D eigenvalue weighted by atomic mass is 16.2. The van der Waals surface area contributed by atoms with Crippen LogP contribution in [0.15, 0.2) is 42.5 Å². The number of piperidine rings is 1. The molecule has 1 fully saturated rings. The number of hydrogen-bond donors (Lipinski definition) is 3. The van der Waals surface area contributed by atoms with Gasteiger partial charge in [-0.2, -0.15) is 0 Å². The van der Waals surface area contributed by atoms with Gasteiger partial charge in [-0.05, 0) is 57.1 Å². The zero-order valence-corrected chi connectivity index (χ0v) is 20.3. The molecule has 1 aromatic heterocycles. The van der Waals surface area contributed by atoms with Crippen LogP contribution in [0.3, 0.4) is 0 Å². The number of fused-ring (bicyclic) bond motifs is 1. The van der Waals surface area contributed by atoms with Gasteiger partial charge >= 0.3 is 0 Å². The number of nitrogens with zero attached hydrogens (tertiary/aromatic N) is 4. The Kier molecular flexibility index (Phi) is 7.29. The average molecular weight is 462 g/mol. The van der Waals surface area contributed by atoms with Crippen LogP contribution < -0.4 is 11.1 Å². The smallest absolute Gasteiger partial charge is 0.238 e. The van der Waals surface area contributed by atoms with Crippen molar-refractivity contribution in [2.45, 2.75) is 31.7 Å². The summed E-state index contributed by atoms with van der Waals surface area (Å²) in [6.45, 7) is 2.33. The number of likely N-dealkylation sites (tertiary alicyclic amines) is 1. The first-order chi connectivity index (χ1) is 16.3. The summed E-state index contributed by atoms with van der Waals surface area (Å²) in [5.74, 6) is 1.10. The highest BCUT2D eigenvalue weighted by Gasteiger charge is 2.22. The standard InChI is InChI=1S/C26H35N7O/c1-31(2)21-12-14-33(15-13-21)17-25(34)29-20-9-10-23-22(16-20)30-24(32(23)3)11-6-18-4-7-19(8-5-18)26(27)28/h4-5,7-10,16,21H,6,11-15,17H2,1-3H3,(H3,27,28)(H,29,34). The van der Waals surface area contributed by atoms with Gasteiger partial charge in [0.15, 0.2) is 0 Å². The Hall–Kier alpha value is -3.23. The minimum atomic E-state index is 0.0211. The number of carbonyl (C=O) groups is 1. The minimum absolute atomic E-state index is 0.0211. The lowest BCUT2D eigenvalue weighted by Crippen LogP contribution is -2.44. The van der Waals surface area contributed by atoms with Gasteiger partial charge in [0.25, 0.3) is 0 Å². The molecule has 8 nitrogen and oxygen atoms in total. The van der Waals surface area contributed by atoms with Crippen molar-refractivity contribution in [3.63, 3.8) is 0 Å². The van der Waals surface area contributed by atoms with Crippen molar-refractivity contribution in [2.75, 3.05) is 39.0 Å². The van der Waals surface area contributed by atoms with Crippen molar-refractivity contribution >= 4 is 28.5 Å². The lowest BCUT2D eigenvalue weighted by molar-refractivity contribution is -0.117. The molecule has 180 valence electrons. The van der Waals surface area contributed by atoms with E-state index in [-0.39, 0.29) is 11.7 Å². The third kappa shape index (κ3) is 5.63. The monoisotopic (exact) mass is 461 g/mol. The molecule has 2 aromatic carbocycles. The van der Waals surface area contributed by atoms with Gasteiger partial charge in [-0.15, -0.1) is 0 Å². The number of hydrogen-bond acceptors (Lipinski definition) is 5. The van der Waals surface area contributed by atoms with Gasteiger partial charge in [0, 0.05) is 43.9 Å². The van der Waals surface area contributed by atoms with Crippen molar-refractivity contribution in [3.05, 3.63) is 59.4 Å². The first-order valence-electron chi connectivity index (χ1n) is 11.9. The Morgan fingerprint density at radius 1 is 1.15 bits per heavy atom. The van der Waals surface area contributed by atoms with Crippen LogP contribution >= 0.6 is 0 Å². The number of amides is 1. The van der Waals surface area contributed by atoms with E-state index < -0.39 is 0 Å². The van der Waals surface area contributed by atoms with Gasteiger partial charge in [0.1, 0.15) is 11.7 Å². The molecule has 8 heteroatoms. The molecule has 0 saturated carbocycles. The second-order valence-corrected chi connectivity index (χ2v) is 9.42. The molecule has 0 atom stereocenters. The summed E-state index contributed by atoms with van der Waals surface area (Å²) in [6.07, 6.45) is 3.85. The van der Waals surface area contributed by atoms with E-state index in [0.29, 0.717) is 12.6 Å². The van der Waals surface area contributed by atoms with Crippen molar-refractivity contribution in [3.8, 4) is 0 Å². The summed E-state index contributed by atoms with van der Waals surface area (Å²) in [7, 11) is 6.28. The van der Waals surface area contributed by atoms with E-state index in [0.717, 1.165) is 66.9 Å². The van der Waals surface area contributed by atoms with Gasteiger partial charge in [-0.25, -0.2) is 4.98 Å². The number of benzene rings is 2. The molecular formula is C26H35N7O. The molecule has 0 radical (unpaired) electrons. The van der Waals surface area contributed by atoms with Crippen molar-refractivity contribution in [1.29, 1.82) is 5.41 Å². The van der Waals surface area contributed by atoms with Gasteiger partial charge < -0.3 is 20.5 Å². The maximum Gasteiger partial charge on any atom is 0.238 e. The normalized spacial score (nSPS) is 15.2. The Morgan fingerprint density at radius 3 is 2.50 bits per heavy atom. The van der Waals surface area contributed by atoms with E-state index in [4.69, 9.17) is 16.1 Å². The summed E-state index contributed by atoms with van der Waals surface area (Å²) in [5, 5.41) is 10.6. The Labute approximate surface area is 201 Å². The van der Waals surface area contributed by atoms with E-state index in [9.17, 15) is 4.79 Å². The molecule has 0 aliphatic carbocycles. The van der Waals surface area contributed by atoms with E-state index in [1.807, 2.05) is 49.5 Å². The van der Waals surface area contributed by atoms with Crippen LogP contribution in [0.25, 0.3) is 11.0 Å². The molecular weight excluding hydrogens is 426 g/mol. The van der Waals surface area contributed by atoms with Gasteiger partial charge in [-0.1, -0.05) is 24.3 Å². The molecule has 0 unspecified atom stereocenters. The molecule has 4 N–H and O–H groups in total. The summed E-state index contributed by atoms with van der Waals surface area (Å²) in [4.78, 5) is 22.0. The Morgan fingerprint density at radius 2 is 1.85 bits per heavy atom. The number of rotatable bonds is 8. The minimum Gasteiger partial charge on any atom is -0.384 e. The largest absolute Gasteiger partial charge is 0.384 e. The van der Waals surface area contributed by atoms with Crippen molar-refractivity contribution in [1.82, 2.24) is 19.4 Å². The maximum absolute atomic E-state index is 12.6. The molecule has 1 amide bonds. The highest BCUT2D eigenvalue weighted by molar-refractivity contribution is 5.95. The zero-order valence-electron chi connectivity index (χ0n) is 20.3. The number of amidine groups is 1. The van der Waals surface area contributed by atoms with Crippen LogP contribution in [0.5, 0.6) is 0 Å². The molecule has 4 rings (SSSR count). The number of aromatic nitrogens is 2. The fraction of sp³-hybridized carbons (Fsp3) is 0.423. The second-order valence-electron chi connectivity index (χ2n) is 9.42. The predicted octanol–water partition coefficient (Wildman–Crippen LogP) is 2.61. The topological polar surface area (TPSA) is 103 Å². The molecule has 1 aliphatic heterocycles. The lowest BCUT2D eigenvalue weighted by Gasteiger charge is -2.34. The molecule has 1 saturated heterocycles. The third-order valence-corrected chi connectivity index (χ3v) is 6.81. The first kappa shape index (κ1) is 23.9. The van der Waals surface area contributed by atoms with Crippen molar-refractivity contribution < 1.29 is 4.79 Å². The number of nitrogens with one attached hydrogen (secondary N) is 2. The predicted molar refractivity (Wildman–Crippen MR) is 137 cm³/mol. The summed E-state index contributed by atoms with van der Waals surface area (Å²) in [5.41, 5.74) is 10.2. The number of carbonyl (C=O) groups excluding carboxylic acids is 1. The summed E-state index contributed by atoms with van der Waals surface area (Å²) in [6, 6.07) is 14.3. The Bertz CT molecular complexity index is 1160. The van der Waals surface area contributed by atoms with Crippen LogP contribution in [0, 0.1) is 5.41 Å². The summed E-state index contributed by atoms with van der Waals surface area (Å²) < 4.78 is 2.11.